The maximum Gasteiger partial charge on any atom is 0.410 e. The smallest absolute Gasteiger partial charge is 0.410 e. The van der Waals surface area contributed by atoms with Crippen molar-refractivity contribution in [2.45, 2.75) is 77.0 Å². The van der Waals surface area contributed by atoms with Gasteiger partial charge < -0.3 is 33.3 Å². The zero-order chi connectivity index (χ0) is 26.6. The van der Waals surface area contributed by atoms with Crippen LogP contribution in [0.4, 0.5) is 4.79 Å². The molecule has 0 N–H and O–H groups in total. The van der Waals surface area contributed by atoms with Crippen LogP contribution in [0.3, 0.4) is 0 Å². The van der Waals surface area contributed by atoms with E-state index in [0.29, 0.717) is 26.3 Å². The number of hydrogen-bond donors (Lipinski definition) is 0. The number of carbonyl (C=O) groups is 2. The zero-order valence-corrected chi connectivity index (χ0v) is 22.8. The van der Waals surface area contributed by atoms with E-state index in [-0.39, 0.29) is 18.5 Å². The van der Waals surface area contributed by atoms with Crippen LogP contribution in [-0.4, -0.2) is 90.7 Å². The molecule has 1 aromatic heterocycles. The lowest BCUT2D eigenvalue weighted by molar-refractivity contribution is -0.161. The lowest BCUT2D eigenvalue weighted by Crippen LogP contribution is -2.57. The molecule has 2 unspecified atom stereocenters. The van der Waals surface area contributed by atoms with Gasteiger partial charge in [0.1, 0.15) is 5.60 Å². The number of aromatic nitrogens is 1. The summed E-state index contributed by atoms with van der Waals surface area (Å²) >= 11 is 0. The van der Waals surface area contributed by atoms with Gasteiger partial charge in [-0.3, -0.25) is 4.79 Å². The fourth-order valence-electron chi connectivity index (χ4n) is 4.88. The molecular weight excluding hydrogens is 474 g/mol. The molecule has 2 aromatic rings. The summed E-state index contributed by atoms with van der Waals surface area (Å²) in [4.78, 5) is 30.3. The summed E-state index contributed by atoms with van der Waals surface area (Å²) < 4.78 is 24.6. The maximum absolute atomic E-state index is 13.9. The third-order valence-electron chi connectivity index (χ3n) is 6.68. The third kappa shape index (κ3) is 7.03. The van der Waals surface area contributed by atoms with Gasteiger partial charge in [-0.2, -0.15) is 0 Å². The lowest BCUT2D eigenvalue weighted by Gasteiger charge is -2.39. The number of fused-ring (bicyclic) bond motifs is 1. The lowest BCUT2D eigenvalue weighted by atomic mass is 10.1. The highest BCUT2D eigenvalue weighted by molar-refractivity contribution is 5.86. The standard InChI is InChI=1S/C28H41N3O6/c1-28(2,3)37-27(33)30-17-22(19-35-5)36-25(18-30)26(32)31(21-11-12-21)16-20-15-29(13-8-14-34-4)24-10-7-6-9-23(20)24/h6-7,9-10,15,21-22,25H,8,11-14,16-19H2,1-5H3. The van der Waals surface area contributed by atoms with E-state index >= 15 is 0 Å². The first kappa shape index (κ1) is 27.4. The van der Waals surface area contributed by atoms with Crippen LogP contribution in [0.2, 0.25) is 0 Å². The molecule has 9 heteroatoms. The van der Waals surface area contributed by atoms with Crippen molar-refractivity contribution in [3.63, 3.8) is 0 Å². The number of nitrogens with zero attached hydrogens (tertiary/aromatic N) is 3. The van der Waals surface area contributed by atoms with Gasteiger partial charge in [0, 0.05) is 57.1 Å². The van der Waals surface area contributed by atoms with Crippen LogP contribution in [0.1, 0.15) is 45.6 Å². The Morgan fingerprint density at radius 2 is 1.86 bits per heavy atom. The third-order valence-corrected chi connectivity index (χ3v) is 6.68. The molecule has 1 aromatic carbocycles. The van der Waals surface area contributed by atoms with Crippen molar-refractivity contribution in [1.82, 2.24) is 14.4 Å². The first-order valence-electron chi connectivity index (χ1n) is 13.2. The van der Waals surface area contributed by atoms with Crippen LogP contribution in [0.15, 0.2) is 30.5 Å². The fourth-order valence-corrected chi connectivity index (χ4v) is 4.88. The number of ether oxygens (including phenoxy) is 4. The van der Waals surface area contributed by atoms with Gasteiger partial charge in [-0.15, -0.1) is 0 Å². The largest absolute Gasteiger partial charge is 0.444 e. The van der Waals surface area contributed by atoms with Gasteiger partial charge in [0.25, 0.3) is 5.91 Å². The summed E-state index contributed by atoms with van der Waals surface area (Å²) in [5.74, 6) is -0.0897. The molecule has 0 radical (unpaired) electrons. The molecule has 0 spiro atoms. The molecule has 204 valence electrons. The Kier molecular flexibility index (Phi) is 8.77. The van der Waals surface area contributed by atoms with E-state index in [4.69, 9.17) is 18.9 Å². The Hall–Kier alpha value is -2.62. The molecule has 9 nitrogen and oxygen atoms in total. The van der Waals surface area contributed by atoms with Crippen LogP contribution >= 0.6 is 0 Å². The molecule has 2 aliphatic rings. The first-order chi connectivity index (χ1) is 17.7. The van der Waals surface area contributed by atoms with Crippen molar-refractivity contribution in [3.05, 3.63) is 36.0 Å². The molecule has 2 heterocycles. The van der Waals surface area contributed by atoms with Gasteiger partial charge in [-0.25, -0.2) is 4.79 Å². The SMILES string of the molecule is COCCCn1cc(CN(C(=O)C2CN(C(=O)OC(C)(C)C)CC(COC)O2)C2CC2)c2ccccc21. The predicted molar refractivity (Wildman–Crippen MR) is 140 cm³/mol. The average Bonchev–Trinajstić information content (AvgIpc) is 3.64. The number of rotatable bonds is 10. The normalized spacial score (nSPS) is 20.3. The van der Waals surface area contributed by atoms with E-state index in [0.717, 1.165) is 42.3 Å². The van der Waals surface area contributed by atoms with Crippen LogP contribution < -0.4 is 0 Å². The number of hydrogen-bond acceptors (Lipinski definition) is 6. The minimum atomic E-state index is -0.767. The number of methoxy groups -OCH3 is 2. The van der Waals surface area contributed by atoms with E-state index in [1.807, 2.05) is 37.8 Å². The Morgan fingerprint density at radius 1 is 1.11 bits per heavy atom. The Balaban J connectivity index is 1.54. The second kappa shape index (κ2) is 11.8. The molecule has 4 rings (SSSR count). The highest BCUT2D eigenvalue weighted by Crippen LogP contribution is 2.32. The van der Waals surface area contributed by atoms with Gasteiger partial charge in [0.2, 0.25) is 0 Å². The molecule has 1 aliphatic carbocycles. The van der Waals surface area contributed by atoms with Crippen LogP contribution in [0, 0.1) is 0 Å². The number of para-hydroxylation sites is 1. The molecule has 1 saturated heterocycles. The first-order valence-corrected chi connectivity index (χ1v) is 13.2. The summed E-state index contributed by atoms with van der Waals surface area (Å²) in [6.07, 6.45) is 3.42. The number of benzene rings is 1. The quantitative estimate of drug-likeness (QED) is 0.448. The monoisotopic (exact) mass is 515 g/mol. The van der Waals surface area contributed by atoms with Crippen LogP contribution in [0.5, 0.6) is 0 Å². The van der Waals surface area contributed by atoms with Crippen molar-refractivity contribution < 1.29 is 28.5 Å². The number of morpholine rings is 1. The molecule has 2 atom stereocenters. The molecule has 1 aliphatic heterocycles. The Labute approximate surface area is 219 Å². The second-order valence-corrected chi connectivity index (χ2v) is 11.0. The number of aryl methyl sites for hydroxylation is 1. The molecular formula is C28H41N3O6. The van der Waals surface area contributed by atoms with Crippen LogP contribution in [-0.2, 0) is 36.8 Å². The fraction of sp³-hybridized carbons (Fsp3) is 0.643. The number of amides is 2. The molecule has 2 fully saturated rings. The Morgan fingerprint density at radius 3 is 2.54 bits per heavy atom. The topological polar surface area (TPSA) is 82.5 Å². The van der Waals surface area contributed by atoms with Crippen molar-refractivity contribution in [1.29, 1.82) is 0 Å². The Bertz CT molecular complexity index is 1070. The summed E-state index contributed by atoms with van der Waals surface area (Å²) in [5, 5.41) is 1.15. The molecule has 0 bridgehead atoms. The van der Waals surface area contributed by atoms with Gasteiger partial charge in [0.15, 0.2) is 6.10 Å². The molecule has 2 amide bonds. The summed E-state index contributed by atoms with van der Waals surface area (Å²) in [6, 6.07) is 8.49. The van der Waals surface area contributed by atoms with E-state index in [1.165, 1.54) is 0 Å². The van der Waals surface area contributed by atoms with Gasteiger partial charge in [0.05, 0.1) is 25.8 Å². The molecule has 1 saturated carbocycles. The highest BCUT2D eigenvalue weighted by Gasteiger charge is 2.42. The van der Waals surface area contributed by atoms with Gasteiger partial charge in [-0.1, -0.05) is 18.2 Å². The average molecular weight is 516 g/mol. The maximum atomic E-state index is 13.9. The molecule has 37 heavy (non-hydrogen) atoms. The summed E-state index contributed by atoms with van der Waals surface area (Å²) in [7, 11) is 3.30. The highest BCUT2D eigenvalue weighted by atomic mass is 16.6. The summed E-state index contributed by atoms with van der Waals surface area (Å²) in [5.41, 5.74) is 1.65. The zero-order valence-electron chi connectivity index (χ0n) is 22.8. The number of carbonyl (C=O) groups excluding carboxylic acids is 2. The van der Waals surface area contributed by atoms with Crippen LogP contribution in [0.25, 0.3) is 10.9 Å². The van der Waals surface area contributed by atoms with Crippen molar-refractivity contribution in [2.75, 3.05) is 40.5 Å². The van der Waals surface area contributed by atoms with Gasteiger partial charge >= 0.3 is 6.09 Å². The minimum absolute atomic E-state index is 0.0897. The van der Waals surface area contributed by atoms with Crippen molar-refractivity contribution in [2.24, 2.45) is 0 Å². The van der Waals surface area contributed by atoms with Crippen molar-refractivity contribution in [3.8, 4) is 0 Å². The van der Waals surface area contributed by atoms with E-state index in [2.05, 4.69) is 22.9 Å². The van der Waals surface area contributed by atoms with Gasteiger partial charge in [-0.05, 0) is 51.7 Å². The predicted octanol–water partition coefficient (Wildman–Crippen LogP) is 3.82. The van der Waals surface area contributed by atoms with E-state index in [9.17, 15) is 9.59 Å². The van der Waals surface area contributed by atoms with Crippen molar-refractivity contribution >= 4 is 22.9 Å². The van der Waals surface area contributed by atoms with E-state index < -0.39 is 23.9 Å². The summed E-state index contributed by atoms with van der Waals surface area (Å²) in [6.45, 7) is 8.33. The minimum Gasteiger partial charge on any atom is -0.444 e. The van der Waals surface area contributed by atoms with E-state index in [1.54, 1.807) is 19.1 Å². The second-order valence-electron chi connectivity index (χ2n) is 11.0.